The fourth-order valence-corrected chi connectivity index (χ4v) is 1.89. The Balaban J connectivity index is 2.60. The minimum Gasteiger partial charge on any atom is -0.491 e. The van der Waals surface area contributed by atoms with Gasteiger partial charge in [-0.2, -0.15) is 0 Å². The molecule has 115 valence electrons. The van der Waals surface area contributed by atoms with Gasteiger partial charge in [0.25, 0.3) is 0 Å². The number of hydrogen-bond donors (Lipinski definition) is 0. The molecule has 8 heteroatoms. The lowest BCUT2D eigenvalue weighted by Crippen LogP contribution is -2.37. The zero-order valence-corrected chi connectivity index (χ0v) is 11.4. The van der Waals surface area contributed by atoms with Crippen LogP contribution < -0.4 is 15.7 Å². The Labute approximate surface area is 122 Å². The highest BCUT2D eigenvalue weighted by Crippen LogP contribution is 2.21. The van der Waals surface area contributed by atoms with E-state index < -0.39 is 57.1 Å². The summed E-state index contributed by atoms with van der Waals surface area (Å²) in [7, 11) is 1.44. The summed E-state index contributed by atoms with van der Waals surface area (Å²) in [4.78, 5) is 0. The Morgan fingerprint density at radius 2 is 1.27 bits per heavy atom. The second-order valence-electron chi connectivity index (χ2n) is 4.44. The number of ether oxygens (including phenoxy) is 1. The summed E-state index contributed by atoms with van der Waals surface area (Å²) in [6, 6.07) is 0.709. The molecule has 2 aromatic carbocycles. The van der Waals surface area contributed by atoms with E-state index in [1.165, 1.54) is 0 Å². The average Bonchev–Trinajstić information content (AvgIpc) is 2.44. The first-order chi connectivity index (χ1) is 10.3. The molecule has 0 heterocycles. The van der Waals surface area contributed by atoms with Crippen LogP contribution in [0.25, 0.3) is 0 Å². The predicted molar refractivity (Wildman–Crippen MR) is 68.9 cm³/mol. The van der Waals surface area contributed by atoms with E-state index >= 15 is 0 Å². The first-order valence-electron chi connectivity index (χ1n) is 5.98. The van der Waals surface area contributed by atoms with Crippen LogP contribution >= 0.6 is 0 Å². The third-order valence-electron chi connectivity index (χ3n) is 3.09. The van der Waals surface area contributed by atoms with E-state index in [1.807, 2.05) is 0 Å². The molecule has 1 nitrogen and oxygen atoms in total. The van der Waals surface area contributed by atoms with Crippen LogP contribution in [0.3, 0.4) is 0 Å². The minimum absolute atomic E-state index is 0.319. The Morgan fingerprint density at radius 1 is 0.773 bits per heavy atom. The molecule has 0 atom stereocenters. The van der Waals surface area contributed by atoms with Gasteiger partial charge >= 0.3 is 0 Å². The number of methoxy groups -OCH3 is 1. The van der Waals surface area contributed by atoms with Crippen molar-refractivity contribution in [2.24, 2.45) is 0 Å². The van der Waals surface area contributed by atoms with Gasteiger partial charge in [0.2, 0.25) is 7.28 Å². The van der Waals surface area contributed by atoms with Crippen LogP contribution in [-0.2, 0) is 0 Å². The maximum Gasteiger partial charge on any atom is 0.207 e. The van der Waals surface area contributed by atoms with Crippen molar-refractivity contribution in [1.29, 1.82) is 0 Å². The van der Waals surface area contributed by atoms with E-state index in [9.17, 15) is 26.3 Å². The van der Waals surface area contributed by atoms with Crippen molar-refractivity contribution in [3.05, 3.63) is 52.6 Å². The molecule has 0 aliphatic carbocycles. The van der Waals surface area contributed by atoms with Crippen LogP contribution in [0.1, 0.15) is 5.56 Å². The van der Waals surface area contributed by atoms with E-state index in [2.05, 4.69) is 4.74 Å². The van der Waals surface area contributed by atoms with Gasteiger partial charge in [0.1, 0.15) is 23.3 Å². The molecule has 22 heavy (non-hydrogen) atoms. The summed E-state index contributed by atoms with van der Waals surface area (Å²) in [5.41, 5.74) is -2.25. The SMILES string of the molecule is COc1c(F)cc(F)c([B]c2c(F)cc(F)c(C)c2F)c1F. The topological polar surface area (TPSA) is 9.23 Å². The molecular weight excluding hydrogens is 309 g/mol. The summed E-state index contributed by atoms with van der Waals surface area (Å²) in [5.74, 6) is -8.82. The molecule has 0 amide bonds. The van der Waals surface area contributed by atoms with E-state index in [0.717, 1.165) is 14.0 Å². The van der Waals surface area contributed by atoms with Crippen LogP contribution in [0.15, 0.2) is 12.1 Å². The first kappa shape index (κ1) is 16.3. The van der Waals surface area contributed by atoms with Crippen molar-refractivity contribution in [3.63, 3.8) is 0 Å². The molecule has 0 aromatic heterocycles. The molecule has 1 radical (unpaired) electrons. The Hall–Kier alpha value is -2.12. The van der Waals surface area contributed by atoms with Crippen LogP contribution in [0.5, 0.6) is 5.75 Å². The smallest absolute Gasteiger partial charge is 0.207 e. The predicted octanol–water partition coefficient (Wildman–Crippen LogP) is 2.49. The zero-order chi connectivity index (χ0) is 16.6. The van der Waals surface area contributed by atoms with E-state index in [-0.39, 0.29) is 0 Å². The number of benzene rings is 2. The highest BCUT2D eigenvalue weighted by molar-refractivity contribution is 6.67. The second-order valence-corrected chi connectivity index (χ2v) is 4.44. The van der Waals surface area contributed by atoms with Gasteiger partial charge in [-0.1, -0.05) is 0 Å². The summed E-state index contributed by atoms with van der Waals surface area (Å²) in [6.45, 7) is 1.04. The van der Waals surface area contributed by atoms with Crippen molar-refractivity contribution >= 4 is 18.2 Å². The van der Waals surface area contributed by atoms with Crippen molar-refractivity contribution in [2.45, 2.75) is 6.92 Å². The maximum atomic E-state index is 14.0. The molecule has 0 fully saturated rings. The summed E-state index contributed by atoms with van der Waals surface area (Å²) in [5, 5.41) is 0. The lowest BCUT2D eigenvalue weighted by molar-refractivity contribution is 0.358. The maximum absolute atomic E-state index is 14.0. The van der Waals surface area contributed by atoms with Gasteiger partial charge in [0.15, 0.2) is 17.4 Å². The van der Waals surface area contributed by atoms with Crippen LogP contribution in [0.2, 0.25) is 0 Å². The van der Waals surface area contributed by atoms with Gasteiger partial charge in [-0.3, -0.25) is 0 Å². The molecule has 0 aliphatic heterocycles. The number of rotatable bonds is 3. The zero-order valence-electron chi connectivity index (χ0n) is 11.4. The second kappa shape index (κ2) is 5.94. The van der Waals surface area contributed by atoms with Gasteiger partial charge in [-0.05, 0) is 17.8 Å². The first-order valence-corrected chi connectivity index (χ1v) is 5.98. The van der Waals surface area contributed by atoms with Crippen LogP contribution in [0.4, 0.5) is 26.3 Å². The molecular formula is C14H8BF6O. The average molecular weight is 317 g/mol. The van der Waals surface area contributed by atoms with Gasteiger partial charge in [-0.15, -0.1) is 0 Å². The monoisotopic (exact) mass is 317 g/mol. The van der Waals surface area contributed by atoms with Crippen molar-refractivity contribution in [3.8, 4) is 5.75 Å². The minimum atomic E-state index is -1.46. The normalized spacial score (nSPS) is 10.7. The van der Waals surface area contributed by atoms with Crippen LogP contribution in [-0.4, -0.2) is 14.4 Å². The number of halogens is 6. The van der Waals surface area contributed by atoms with Gasteiger partial charge in [-0.25, -0.2) is 26.3 Å². The summed E-state index contributed by atoms with van der Waals surface area (Å²) < 4.78 is 86.0. The lowest BCUT2D eigenvalue weighted by Gasteiger charge is -2.12. The van der Waals surface area contributed by atoms with E-state index in [4.69, 9.17) is 0 Å². The third-order valence-corrected chi connectivity index (χ3v) is 3.09. The quantitative estimate of drug-likeness (QED) is 0.624. The largest absolute Gasteiger partial charge is 0.491 e. The lowest BCUT2D eigenvalue weighted by atomic mass is 9.62. The molecule has 2 aromatic rings. The molecule has 0 spiro atoms. The third kappa shape index (κ3) is 2.65. The Kier molecular flexibility index (Phi) is 4.39. The molecule has 0 bridgehead atoms. The molecule has 0 saturated heterocycles. The summed E-state index contributed by atoms with van der Waals surface area (Å²) in [6.07, 6.45) is 0. The fraction of sp³-hybridized carbons (Fsp3) is 0.143. The van der Waals surface area contributed by atoms with Crippen molar-refractivity contribution in [2.75, 3.05) is 7.11 Å². The highest BCUT2D eigenvalue weighted by atomic mass is 19.2. The molecule has 0 N–H and O–H groups in total. The fourth-order valence-electron chi connectivity index (χ4n) is 1.89. The highest BCUT2D eigenvalue weighted by Gasteiger charge is 2.24. The Morgan fingerprint density at radius 3 is 1.82 bits per heavy atom. The Bertz CT molecular complexity index is 747. The van der Waals surface area contributed by atoms with E-state index in [1.54, 1.807) is 0 Å². The van der Waals surface area contributed by atoms with Gasteiger partial charge in [0, 0.05) is 17.7 Å². The standard InChI is InChI=1S/C14H8BF6O/c1-5-6(16)3-7(17)10(12(5)20)15-11-8(18)4-9(19)14(22-2)13(11)21/h3-4H,1-2H3. The van der Waals surface area contributed by atoms with Gasteiger partial charge in [0.05, 0.1) is 7.11 Å². The van der Waals surface area contributed by atoms with Crippen LogP contribution in [0, 0.1) is 41.8 Å². The molecule has 0 aliphatic rings. The summed E-state index contributed by atoms with van der Waals surface area (Å²) >= 11 is 0. The van der Waals surface area contributed by atoms with E-state index in [0.29, 0.717) is 19.4 Å². The molecule has 0 saturated carbocycles. The number of hydrogen-bond acceptors (Lipinski definition) is 1. The molecule has 0 unspecified atom stereocenters. The molecule has 2 rings (SSSR count). The van der Waals surface area contributed by atoms with Crippen molar-refractivity contribution in [1.82, 2.24) is 0 Å². The van der Waals surface area contributed by atoms with Gasteiger partial charge < -0.3 is 4.74 Å². The van der Waals surface area contributed by atoms with Crippen molar-refractivity contribution < 1.29 is 31.1 Å².